The molecule has 2 N–H and O–H groups in total. The molecule has 1 amide bonds. The Hall–Kier alpha value is -2.93. The Morgan fingerprint density at radius 1 is 1.25 bits per heavy atom. The number of fused-ring (bicyclic) bond motifs is 1. The van der Waals surface area contributed by atoms with Crippen LogP contribution in [0.4, 0.5) is 15.8 Å². The first-order valence-corrected chi connectivity index (χ1v) is 11.4. The van der Waals surface area contributed by atoms with Gasteiger partial charge in [-0.15, -0.1) is 0 Å². The van der Waals surface area contributed by atoms with Gasteiger partial charge in [-0.1, -0.05) is 38.5 Å². The summed E-state index contributed by atoms with van der Waals surface area (Å²) in [5, 5.41) is 3.12. The molecule has 2 aromatic carbocycles. The van der Waals surface area contributed by atoms with E-state index in [0.717, 1.165) is 36.1 Å². The van der Waals surface area contributed by atoms with Crippen molar-refractivity contribution in [2.24, 2.45) is 5.92 Å². The van der Waals surface area contributed by atoms with Crippen LogP contribution in [-0.2, 0) is 11.4 Å². The van der Waals surface area contributed by atoms with E-state index < -0.39 is 11.7 Å². The van der Waals surface area contributed by atoms with Crippen LogP contribution in [-0.4, -0.2) is 22.1 Å². The molecule has 0 radical (unpaired) electrons. The average molecular weight is 441 g/mol. The highest BCUT2D eigenvalue weighted by atomic mass is 19.1. The van der Waals surface area contributed by atoms with Crippen molar-refractivity contribution in [1.82, 2.24) is 15.0 Å². The van der Waals surface area contributed by atoms with Crippen LogP contribution in [0.5, 0.6) is 0 Å². The van der Waals surface area contributed by atoms with Crippen LogP contribution < -0.4 is 10.8 Å². The lowest BCUT2D eigenvalue weighted by atomic mass is 10.1. The van der Waals surface area contributed by atoms with E-state index >= 15 is 4.39 Å². The Morgan fingerprint density at radius 2 is 2.00 bits per heavy atom. The third-order valence-electron chi connectivity index (χ3n) is 5.39. The second kappa shape index (κ2) is 10.6. The topological polar surface area (TPSA) is 68.2 Å². The van der Waals surface area contributed by atoms with Crippen LogP contribution in [0, 0.1) is 25.6 Å². The Bertz CT molecular complexity index is 1090. The zero-order valence-corrected chi connectivity index (χ0v) is 19.6. The van der Waals surface area contributed by atoms with Crippen molar-refractivity contribution in [2.75, 3.05) is 11.9 Å². The number of benzene rings is 2. The fourth-order valence-corrected chi connectivity index (χ4v) is 3.53. The average Bonchev–Trinajstić information content (AvgIpc) is 3.52. The van der Waals surface area contributed by atoms with Crippen LogP contribution in [0.25, 0.3) is 11.0 Å². The molecule has 1 aromatic heterocycles. The molecule has 1 saturated carbocycles. The van der Waals surface area contributed by atoms with Gasteiger partial charge in [0.15, 0.2) is 5.82 Å². The van der Waals surface area contributed by atoms with Crippen LogP contribution in [0.2, 0.25) is 0 Å². The molecular formula is C25H33FN4O2. The lowest BCUT2D eigenvalue weighted by Gasteiger charge is -2.16. The molecule has 6 nitrogen and oxygen atoms in total. The minimum atomic E-state index is -0.547. The van der Waals surface area contributed by atoms with Gasteiger partial charge in [-0.3, -0.25) is 9.63 Å². The number of hydrogen-bond acceptors (Lipinski definition) is 4. The van der Waals surface area contributed by atoms with E-state index in [9.17, 15) is 4.79 Å². The number of carbonyl (C=O) groups is 1. The van der Waals surface area contributed by atoms with E-state index in [1.165, 1.54) is 0 Å². The van der Waals surface area contributed by atoms with Gasteiger partial charge >= 0.3 is 0 Å². The lowest BCUT2D eigenvalue weighted by molar-refractivity contribution is 0.0271. The van der Waals surface area contributed by atoms with Gasteiger partial charge in [0.2, 0.25) is 0 Å². The molecule has 1 aliphatic carbocycles. The Labute approximate surface area is 189 Å². The summed E-state index contributed by atoms with van der Waals surface area (Å²) in [6.07, 6.45) is 4.73. The van der Waals surface area contributed by atoms with Gasteiger partial charge in [0.05, 0.1) is 29.7 Å². The molecule has 0 saturated heterocycles. The number of hydroxylamine groups is 1. The van der Waals surface area contributed by atoms with Crippen molar-refractivity contribution in [3.63, 3.8) is 0 Å². The van der Waals surface area contributed by atoms with Crippen LogP contribution in [0.15, 0.2) is 30.6 Å². The van der Waals surface area contributed by atoms with Crippen LogP contribution in [0.1, 0.15) is 61.5 Å². The maximum Gasteiger partial charge on any atom is 0.277 e. The maximum absolute atomic E-state index is 15.5. The standard InChI is InChI=1S/C23H27FN4O2.C2H6/c1-4-9-28-13-25-22-19(28)11-17(23(29)27-30-12-16-6-7-16)21(20(22)24)26-18-8-5-14(2)10-15(18)3;1-2/h5,8,10-11,13,16,26H,4,6-7,9,12H2,1-3H3,(H,27,29);1-2H3. The number of aromatic nitrogens is 2. The molecule has 1 aliphatic rings. The van der Waals surface area contributed by atoms with Crippen molar-refractivity contribution < 1.29 is 14.0 Å². The monoisotopic (exact) mass is 440 g/mol. The number of aryl methyl sites for hydroxylation is 3. The second-order valence-electron chi connectivity index (χ2n) is 8.05. The Balaban J connectivity index is 0.00000141. The summed E-state index contributed by atoms with van der Waals surface area (Å²) in [5.74, 6) is -0.522. The second-order valence-corrected chi connectivity index (χ2v) is 8.05. The van der Waals surface area contributed by atoms with Gasteiger partial charge in [0.1, 0.15) is 5.52 Å². The summed E-state index contributed by atoms with van der Waals surface area (Å²) in [6, 6.07) is 7.52. The molecule has 0 aliphatic heterocycles. The minimum absolute atomic E-state index is 0.101. The molecule has 0 bridgehead atoms. The Morgan fingerprint density at radius 3 is 2.66 bits per heavy atom. The third kappa shape index (κ3) is 5.27. The first-order chi connectivity index (χ1) is 15.5. The molecule has 4 rings (SSSR count). The smallest absolute Gasteiger partial charge is 0.277 e. The molecule has 0 unspecified atom stereocenters. The number of nitrogens with one attached hydrogen (secondary N) is 2. The summed E-state index contributed by atoms with van der Waals surface area (Å²) < 4.78 is 17.4. The highest BCUT2D eigenvalue weighted by Crippen LogP contribution is 2.32. The summed E-state index contributed by atoms with van der Waals surface area (Å²) in [6.45, 7) is 11.2. The number of rotatable bonds is 8. The highest BCUT2D eigenvalue weighted by Gasteiger charge is 2.24. The van der Waals surface area contributed by atoms with Crippen LogP contribution >= 0.6 is 0 Å². The highest BCUT2D eigenvalue weighted by molar-refractivity contribution is 6.04. The van der Waals surface area contributed by atoms with Gasteiger partial charge in [0.25, 0.3) is 5.91 Å². The molecular weight excluding hydrogens is 407 g/mol. The molecule has 172 valence electrons. The van der Waals surface area contributed by atoms with E-state index in [2.05, 4.69) is 15.8 Å². The van der Waals surface area contributed by atoms with Gasteiger partial charge < -0.3 is 9.88 Å². The van der Waals surface area contributed by atoms with Crippen molar-refractivity contribution in [2.45, 2.75) is 60.4 Å². The predicted octanol–water partition coefficient (Wildman–Crippen LogP) is 6.04. The van der Waals surface area contributed by atoms with Gasteiger partial charge in [-0.05, 0) is 56.7 Å². The summed E-state index contributed by atoms with van der Waals surface area (Å²) in [4.78, 5) is 22.5. The zero-order valence-electron chi connectivity index (χ0n) is 19.6. The van der Waals surface area contributed by atoms with E-state index in [0.29, 0.717) is 24.6 Å². The number of halogens is 1. The summed E-state index contributed by atoms with van der Waals surface area (Å²) in [5.41, 5.74) is 6.41. The van der Waals surface area contributed by atoms with Crippen molar-refractivity contribution in [3.05, 3.63) is 53.1 Å². The molecule has 0 spiro atoms. The van der Waals surface area contributed by atoms with E-state index in [1.807, 2.05) is 57.4 Å². The third-order valence-corrected chi connectivity index (χ3v) is 5.39. The number of carbonyl (C=O) groups excluding carboxylic acids is 1. The molecule has 32 heavy (non-hydrogen) atoms. The number of anilines is 2. The largest absolute Gasteiger partial charge is 0.352 e. The lowest BCUT2D eigenvalue weighted by Crippen LogP contribution is -2.26. The molecule has 0 atom stereocenters. The van der Waals surface area contributed by atoms with Gasteiger partial charge in [-0.2, -0.15) is 0 Å². The Kier molecular flexibility index (Phi) is 7.85. The van der Waals surface area contributed by atoms with Gasteiger partial charge in [0, 0.05) is 12.2 Å². The fourth-order valence-electron chi connectivity index (χ4n) is 3.53. The first kappa shape index (κ1) is 23.7. The quantitative estimate of drug-likeness (QED) is 0.419. The maximum atomic E-state index is 15.5. The van der Waals surface area contributed by atoms with E-state index in [4.69, 9.17) is 4.84 Å². The normalized spacial score (nSPS) is 12.9. The SMILES string of the molecule is CC.CCCn1cnc2c(F)c(Nc3ccc(C)cc3C)c(C(=O)NOCC3CC3)cc21. The first-order valence-electron chi connectivity index (χ1n) is 11.4. The predicted molar refractivity (Wildman–Crippen MR) is 127 cm³/mol. The van der Waals surface area contributed by atoms with Crippen molar-refractivity contribution in [1.29, 1.82) is 0 Å². The summed E-state index contributed by atoms with van der Waals surface area (Å²) in [7, 11) is 0. The molecule has 1 heterocycles. The van der Waals surface area contributed by atoms with Crippen molar-refractivity contribution >= 4 is 28.3 Å². The number of imidazole rings is 1. The number of hydrogen-bond donors (Lipinski definition) is 2. The molecule has 7 heteroatoms. The van der Waals surface area contributed by atoms with E-state index in [-0.39, 0.29) is 16.8 Å². The minimum Gasteiger partial charge on any atom is -0.352 e. The van der Waals surface area contributed by atoms with Crippen molar-refractivity contribution in [3.8, 4) is 0 Å². The van der Waals surface area contributed by atoms with Crippen LogP contribution in [0.3, 0.4) is 0 Å². The molecule has 1 fully saturated rings. The molecule has 3 aromatic rings. The van der Waals surface area contributed by atoms with E-state index in [1.54, 1.807) is 12.4 Å². The van der Waals surface area contributed by atoms with Gasteiger partial charge in [-0.25, -0.2) is 14.9 Å². The fraction of sp³-hybridized carbons (Fsp3) is 0.440. The zero-order chi connectivity index (χ0) is 23.3. The number of amides is 1. The number of nitrogens with zero attached hydrogens (tertiary/aromatic N) is 2. The summed E-state index contributed by atoms with van der Waals surface area (Å²) >= 11 is 0.